The van der Waals surface area contributed by atoms with Crippen molar-refractivity contribution in [2.24, 2.45) is 11.7 Å². The van der Waals surface area contributed by atoms with Crippen molar-refractivity contribution in [1.82, 2.24) is 0 Å². The van der Waals surface area contributed by atoms with Crippen molar-refractivity contribution in [3.63, 3.8) is 0 Å². The van der Waals surface area contributed by atoms with Gasteiger partial charge in [-0.15, -0.1) is 0 Å². The molecule has 1 aromatic carbocycles. The van der Waals surface area contributed by atoms with Gasteiger partial charge < -0.3 is 15.2 Å². The first-order chi connectivity index (χ1) is 9.19. The fraction of sp³-hybridized carbons (Fsp3) is 0.600. The maximum absolute atomic E-state index is 6.49. The SMILES string of the molecule is NC(c1cccc(I)c1)C1CCOC2(CCOC2)C1. The van der Waals surface area contributed by atoms with Crippen molar-refractivity contribution in [2.75, 3.05) is 19.8 Å². The topological polar surface area (TPSA) is 44.5 Å². The van der Waals surface area contributed by atoms with Crippen LogP contribution < -0.4 is 5.73 Å². The number of hydrogen-bond acceptors (Lipinski definition) is 3. The van der Waals surface area contributed by atoms with Gasteiger partial charge in [-0.1, -0.05) is 12.1 Å². The molecule has 3 nitrogen and oxygen atoms in total. The predicted molar refractivity (Wildman–Crippen MR) is 82.9 cm³/mol. The van der Waals surface area contributed by atoms with Crippen molar-refractivity contribution in [3.05, 3.63) is 33.4 Å². The summed E-state index contributed by atoms with van der Waals surface area (Å²) in [6, 6.07) is 8.63. The molecule has 4 heteroatoms. The van der Waals surface area contributed by atoms with E-state index in [0.717, 1.165) is 39.1 Å². The van der Waals surface area contributed by atoms with Gasteiger partial charge in [-0.2, -0.15) is 0 Å². The molecule has 0 saturated carbocycles. The Morgan fingerprint density at radius 1 is 1.37 bits per heavy atom. The Hall–Kier alpha value is -0.170. The third-order valence-corrected chi connectivity index (χ3v) is 5.01. The molecule has 0 bridgehead atoms. The summed E-state index contributed by atoms with van der Waals surface area (Å²) < 4.78 is 12.8. The Labute approximate surface area is 128 Å². The first-order valence-electron chi connectivity index (χ1n) is 6.91. The highest BCUT2D eigenvalue weighted by Crippen LogP contribution is 2.40. The minimum Gasteiger partial charge on any atom is -0.378 e. The first-order valence-corrected chi connectivity index (χ1v) is 7.99. The number of benzene rings is 1. The third-order valence-electron chi connectivity index (χ3n) is 4.34. The van der Waals surface area contributed by atoms with Gasteiger partial charge in [-0.05, 0) is 59.0 Å². The van der Waals surface area contributed by atoms with Crippen LogP contribution in [0.25, 0.3) is 0 Å². The lowest BCUT2D eigenvalue weighted by molar-refractivity contribution is -0.101. The van der Waals surface area contributed by atoms with E-state index in [1.165, 1.54) is 9.13 Å². The summed E-state index contributed by atoms with van der Waals surface area (Å²) in [7, 11) is 0. The van der Waals surface area contributed by atoms with Crippen molar-refractivity contribution < 1.29 is 9.47 Å². The Bertz CT molecular complexity index is 446. The van der Waals surface area contributed by atoms with Crippen molar-refractivity contribution in [1.29, 1.82) is 0 Å². The number of hydrogen-bond donors (Lipinski definition) is 1. The zero-order chi connectivity index (χ0) is 13.3. The molecule has 2 heterocycles. The second-order valence-electron chi connectivity index (χ2n) is 5.67. The van der Waals surface area contributed by atoms with Crippen molar-refractivity contribution >= 4 is 22.6 Å². The molecule has 104 valence electrons. The van der Waals surface area contributed by atoms with Crippen LogP contribution in [0.5, 0.6) is 0 Å². The summed E-state index contributed by atoms with van der Waals surface area (Å²) in [5, 5.41) is 0. The molecule has 2 aliphatic rings. The average Bonchev–Trinajstić information content (AvgIpc) is 2.86. The molecule has 0 aromatic heterocycles. The van der Waals surface area contributed by atoms with E-state index in [1.54, 1.807) is 0 Å². The van der Waals surface area contributed by atoms with E-state index in [4.69, 9.17) is 15.2 Å². The molecule has 2 aliphatic heterocycles. The molecule has 1 spiro atoms. The molecule has 3 rings (SSSR count). The van der Waals surface area contributed by atoms with Gasteiger partial charge in [0.1, 0.15) is 0 Å². The summed E-state index contributed by atoms with van der Waals surface area (Å²) in [6.45, 7) is 2.37. The smallest absolute Gasteiger partial charge is 0.0940 e. The molecule has 0 amide bonds. The van der Waals surface area contributed by atoms with E-state index in [-0.39, 0.29) is 11.6 Å². The average molecular weight is 373 g/mol. The van der Waals surface area contributed by atoms with E-state index < -0.39 is 0 Å². The van der Waals surface area contributed by atoms with Crippen LogP contribution in [0, 0.1) is 9.49 Å². The molecule has 2 saturated heterocycles. The van der Waals surface area contributed by atoms with Crippen LogP contribution >= 0.6 is 22.6 Å². The number of nitrogens with two attached hydrogens (primary N) is 1. The Balaban J connectivity index is 1.74. The summed E-state index contributed by atoms with van der Waals surface area (Å²) in [5.74, 6) is 0.494. The number of rotatable bonds is 2. The molecular weight excluding hydrogens is 353 g/mol. The molecule has 1 aromatic rings. The molecule has 0 aliphatic carbocycles. The lowest BCUT2D eigenvalue weighted by Crippen LogP contribution is -2.43. The minimum atomic E-state index is -0.0531. The highest BCUT2D eigenvalue weighted by Gasteiger charge is 2.42. The fourth-order valence-corrected chi connectivity index (χ4v) is 3.79. The molecule has 2 fully saturated rings. The summed E-state index contributed by atoms with van der Waals surface area (Å²) >= 11 is 2.34. The Morgan fingerprint density at radius 2 is 2.26 bits per heavy atom. The van der Waals surface area contributed by atoms with Crippen molar-refractivity contribution in [3.8, 4) is 0 Å². The first kappa shape index (κ1) is 13.8. The standard InChI is InChI=1S/C15H20INO2/c16-13-3-1-2-11(8-13)14(17)12-4-6-19-15(9-12)5-7-18-10-15/h1-3,8,12,14H,4-7,9-10,17H2. The lowest BCUT2D eigenvalue weighted by atomic mass is 9.79. The van der Waals surface area contributed by atoms with E-state index >= 15 is 0 Å². The van der Waals surface area contributed by atoms with Crippen LogP contribution in [0.15, 0.2) is 24.3 Å². The van der Waals surface area contributed by atoms with Gasteiger partial charge in [0.15, 0.2) is 0 Å². The molecule has 3 unspecified atom stereocenters. The third kappa shape index (κ3) is 2.96. The van der Waals surface area contributed by atoms with E-state index in [1.807, 2.05) is 0 Å². The fourth-order valence-electron chi connectivity index (χ4n) is 3.22. The molecule has 3 atom stereocenters. The van der Waals surface area contributed by atoms with E-state index in [2.05, 4.69) is 46.9 Å². The molecular formula is C15H20INO2. The number of halogens is 1. The van der Waals surface area contributed by atoms with Gasteiger partial charge >= 0.3 is 0 Å². The predicted octanol–water partition coefficient (Wildman–Crippen LogP) is 2.88. The Kier molecular flexibility index (Phi) is 4.12. The van der Waals surface area contributed by atoms with Gasteiger partial charge in [0.05, 0.1) is 12.2 Å². The largest absolute Gasteiger partial charge is 0.378 e. The second-order valence-corrected chi connectivity index (χ2v) is 6.91. The van der Waals surface area contributed by atoms with Crippen LogP contribution in [0.3, 0.4) is 0 Å². The van der Waals surface area contributed by atoms with Gasteiger partial charge in [-0.3, -0.25) is 0 Å². The van der Waals surface area contributed by atoms with Gasteiger partial charge in [-0.25, -0.2) is 0 Å². The van der Waals surface area contributed by atoms with Crippen LogP contribution in [-0.4, -0.2) is 25.4 Å². The molecule has 0 radical (unpaired) electrons. The van der Waals surface area contributed by atoms with E-state index in [9.17, 15) is 0 Å². The highest BCUT2D eigenvalue weighted by atomic mass is 127. The van der Waals surface area contributed by atoms with E-state index in [0.29, 0.717) is 5.92 Å². The lowest BCUT2D eigenvalue weighted by Gasteiger charge is -2.39. The summed E-state index contributed by atoms with van der Waals surface area (Å²) in [5.41, 5.74) is 7.68. The van der Waals surface area contributed by atoms with Gasteiger partial charge in [0.2, 0.25) is 0 Å². The highest BCUT2D eigenvalue weighted by molar-refractivity contribution is 14.1. The summed E-state index contributed by atoms with van der Waals surface area (Å²) in [6.07, 6.45) is 3.09. The Morgan fingerprint density at radius 3 is 3.00 bits per heavy atom. The normalized spacial score (nSPS) is 32.6. The zero-order valence-corrected chi connectivity index (χ0v) is 13.1. The molecule has 19 heavy (non-hydrogen) atoms. The number of ether oxygens (including phenoxy) is 2. The molecule has 2 N–H and O–H groups in total. The zero-order valence-electron chi connectivity index (χ0n) is 11.0. The van der Waals surface area contributed by atoms with Crippen LogP contribution in [0.2, 0.25) is 0 Å². The van der Waals surface area contributed by atoms with Gasteiger partial charge in [0.25, 0.3) is 0 Å². The minimum absolute atomic E-state index is 0.0531. The monoisotopic (exact) mass is 373 g/mol. The quantitative estimate of drug-likeness (QED) is 0.811. The maximum Gasteiger partial charge on any atom is 0.0940 e. The van der Waals surface area contributed by atoms with Crippen LogP contribution in [0.1, 0.15) is 30.9 Å². The van der Waals surface area contributed by atoms with Crippen molar-refractivity contribution in [2.45, 2.75) is 30.9 Å². The van der Waals surface area contributed by atoms with Crippen LogP contribution in [-0.2, 0) is 9.47 Å². The van der Waals surface area contributed by atoms with Crippen LogP contribution in [0.4, 0.5) is 0 Å². The van der Waals surface area contributed by atoms with Gasteiger partial charge in [0, 0.05) is 29.2 Å². The maximum atomic E-state index is 6.49. The second kappa shape index (κ2) is 5.68. The summed E-state index contributed by atoms with van der Waals surface area (Å²) in [4.78, 5) is 0.